The number of aryl methyl sites for hydroxylation is 1. The molecular formula is C22H24N4O2S. The van der Waals surface area contributed by atoms with Crippen LogP contribution >= 0.6 is 11.8 Å². The Labute approximate surface area is 173 Å². The molecule has 0 fully saturated rings. The first-order valence-corrected chi connectivity index (χ1v) is 10.9. The van der Waals surface area contributed by atoms with Crippen LogP contribution in [0, 0.1) is 6.92 Å². The number of thioether (sulfide) groups is 1. The number of hydrogen-bond acceptors (Lipinski definition) is 5. The van der Waals surface area contributed by atoms with Crippen LogP contribution in [0.2, 0.25) is 0 Å². The fraction of sp³-hybridized carbons (Fsp3) is 0.318. The lowest BCUT2D eigenvalue weighted by Gasteiger charge is -2.11. The second kappa shape index (κ2) is 8.80. The number of unbranched alkanes of at least 4 members (excludes halogenated alkanes) is 1. The van der Waals surface area contributed by atoms with Crippen LogP contribution in [-0.2, 0) is 4.74 Å². The van der Waals surface area contributed by atoms with Crippen LogP contribution in [0.15, 0.2) is 58.5 Å². The molecule has 0 bridgehead atoms. The Balaban J connectivity index is 1.78. The molecule has 0 aliphatic carbocycles. The summed E-state index contributed by atoms with van der Waals surface area (Å²) in [6.07, 6.45) is 2.20. The average molecular weight is 409 g/mol. The number of nitrogens with zero attached hydrogens (tertiary/aromatic N) is 4. The van der Waals surface area contributed by atoms with Crippen molar-refractivity contribution in [1.29, 1.82) is 0 Å². The lowest BCUT2D eigenvalue weighted by atomic mass is 10.2. The van der Waals surface area contributed by atoms with E-state index in [1.165, 1.54) is 0 Å². The minimum atomic E-state index is -0.0937. The van der Waals surface area contributed by atoms with Crippen molar-refractivity contribution in [2.45, 2.75) is 31.8 Å². The molecule has 2 heterocycles. The third kappa shape index (κ3) is 3.93. The minimum Gasteiger partial charge on any atom is -0.381 e. The van der Waals surface area contributed by atoms with E-state index >= 15 is 0 Å². The van der Waals surface area contributed by atoms with Gasteiger partial charge in [0.25, 0.3) is 5.56 Å². The molecule has 29 heavy (non-hydrogen) atoms. The highest BCUT2D eigenvalue weighted by atomic mass is 32.2. The molecule has 0 unspecified atom stereocenters. The van der Waals surface area contributed by atoms with Crippen molar-refractivity contribution in [3.63, 3.8) is 0 Å². The average Bonchev–Trinajstić information content (AvgIpc) is 3.16. The summed E-state index contributed by atoms with van der Waals surface area (Å²) in [5, 5.41) is 10.2. The Kier molecular flexibility index (Phi) is 5.97. The molecule has 0 saturated carbocycles. The van der Waals surface area contributed by atoms with Gasteiger partial charge in [-0.1, -0.05) is 54.9 Å². The zero-order chi connectivity index (χ0) is 20.2. The molecule has 150 valence electrons. The second-order valence-corrected chi connectivity index (χ2v) is 7.99. The van der Waals surface area contributed by atoms with E-state index in [0.717, 1.165) is 47.1 Å². The van der Waals surface area contributed by atoms with E-state index in [-0.39, 0.29) is 5.56 Å². The van der Waals surface area contributed by atoms with Crippen LogP contribution in [-0.4, -0.2) is 38.1 Å². The summed E-state index contributed by atoms with van der Waals surface area (Å²) >= 11 is 1.59. The third-order valence-electron chi connectivity index (χ3n) is 4.79. The van der Waals surface area contributed by atoms with Crippen molar-refractivity contribution in [2.75, 3.05) is 19.0 Å². The summed E-state index contributed by atoms with van der Waals surface area (Å²) in [4.78, 5) is 13.3. The van der Waals surface area contributed by atoms with Gasteiger partial charge in [0.05, 0.1) is 23.2 Å². The van der Waals surface area contributed by atoms with Crippen LogP contribution in [0.1, 0.15) is 25.3 Å². The Hall–Kier alpha value is -2.64. The summed E-state index contributed by atoms with van der Waals surface area (Å²) in [5.41, 5.74) is 2.64. The van der Waals surface area contributed by atoms with Crippen molar-refractivity contribution in [3.8, 4) is 5.69 Å². The quantitative estimate of drug-likeness (QED) is 0.322. The summed E-state index contributed by atoms with van der Waals surface area (Å²) < 4.78 is 9.26. The molecule has 0 aliphatic rings. The van der Waals surface area contributed by atoms with Crippen molar-refractivity contribution in [3.05, 3.63) is 64.4 Å². The molecule has 0 spiro atoms. The van der Waals surface area contributed by atoms with E-state index in [1.54, 1.807) is 16.3 Å². The van der Waals surface area contributed by atoms with E-state index in [1.807, 2.05) is 59.9 Å². The number of ether oxygens (including phenoxy) is 1. The molecule has 2 aromatic carbocycles. The van der Waals surface area contributed by atoms with Gasteiger partial charge in [0, 0.05) is 12.4 Å². The molecule has 0 N–H and O–H groups in total. The third-order valence-corrected chi connectivity index (χ3v) is 5.68. The molecule has 4 aromatic rings. The van der Waals surface area contributed by atoms with Gasteiger partial charge < -0.3 is 4.74 Å². The highest BCUT2D eigenvalue weighted by Crippen LogP contribution is 2.23. The Morgan fingerprint density at radius 1 is 1.03 bits per heavy atom. The van der Waals surface area contributed by atoms with Crippen LogP contribution in [0.25, 0.3) is 22.4 Å². The molecule has 0 amide bonds. The van der Waals surface area contributed by atoms with Gasteiger partial charge in [-0.2, -0.15) is 0 Å². The van der Waals surface area contributed by atoms with Crippen molar-refractivity contribution < 1.29 is 4.74 Å². The Morgan fingerprint density at radius 3 is 2.62 bits per heavy atom. The van der Waals surface area contributed by atoms with Gasteiger partial charge in [0.2, 0.25) is 5.78 Å². The molecule has 0 aliphatic heterocycles. The summed E-state index contributed by atoms with van der Waals surface area (Å²) in [7, 11) is 0. The van der Waals surface area contributed by atoms with Crippen molar-refractivity contribution in [2.24, 2.45) is 0 Å². The molecular weight excluding hydrogens is 384 g/mol. The first-order valence-electron chi connectivity index (χ1n) is 9.87. The predicted molar refractivity (Wildman–Crippen MR) is 117 cm³/mol. The van der Waals surface area contributed by atoms with Gasteiger partial charge in [-0.05, 0) is 37.6 Å². The SMILES string of the molecule is CCCCOCCSc1nnc2n(-c3ccc(C)cc3)c(=O)c3ccccc3n12. The lowest BCUT2D eigenvalue weighted by molar-refractivity contribution is 0.147. The van der Waals surface area contributed by atoms with Gasteiger partial charge in [-0.25, -0.2) is 4.57 Å². The maximum Gasteiger partial charge on any atom is 0.267 e. The first-order chi connectivity index (χ1) is 14.2. The van der Waals surface area contributed by atoms with Crippen LogP contribution in [0.5, 0.6) is 0 Å². The van der Waals surface area contributed by atoms with Crippen molar-refractivity contribution >= 4 is 28.4 Å². The summed E-state index contributed by atoms with van der Waals surface area (Å²) in [5.74, 6) is 1.30. The molecule has 7 heteroatoms. The molecule has 0 atom stereocenters. The monoisotopic (exact) mass is 408 g/mol. The normalized spacial score (nSPS) is 11.5. The van der Waals surface area contributed by atoms with Crippen LogP contribution in [0.3, 0.4) is 0 Å². The van der Waals surface area contributed by atoms with Gasteiger partial charge in [0.1, 0.15) is 0 Å². The van der Waals surface area contributed by atoms with E-state index in [2.05, 4.69) is 17.1 Å². The highest BCUT2D eigenvalue weighted by molar-refractivity contribution is 7.99. The number of aromatic nitrogens is 4. The minimum absolute atomic E-state index is 0.0937. The molecule has 0 radical (unpaired) electrons. The molecule has 6 nitrogen and oxygen atoms in total. The number of benzene rings is 2. The summed E-state index contributed by atoms with van der Waals surface area (Å²) in [6, 6.07) is 15.5. The molecule has 2 aromatic heterocycles. The molecule has 4 rings (SSSR count). The van der Waals surface area contributed by atoms with E-state index < -0.39 is 0 Å². The fourth-order valence-corrected chi connectivity index (χ4v) is 4.03. The highest BCUT2D eigenvalue weighted by Gasteiger charge is 2.17. The number of hydrogen-bond donors (Lipinski definition) is 0. The molecule has 0 saturated heterocycles. The Morgan fingerprint density at radius 2 is 1.83 bits per heavy atom. The van der Waals surface area contributed by atoms with Crippen LogP contribution in [0.4, 0.5) is 0 Å². The predicted octanol–water partition coefficient (Wildman–Crippen LogP) is 4.25. The van der Waals surface area contributed by atoms with Crippen LogP contribution < -0.4 is 5.56 Å². The number of para-hydroxylation sites is 1. The van der Waals surface area contributed by atoms with Crippen molar-refractivity contribution in [1.82, 2.24) is 19.2 Å². The topological polar surface area (TPSA) is 61.4 Å². The van der Waals surface area contributed by atoms with E-state index in [4.69, 9.17) is 4.74 Å². The summed E-state index contributed by atoms with van der Waals surface area (Å²) in [6.45, 7) is 5.62. The van der Waals surface area contributed by atoms with E-state index in [0.29, 0.717) is 17.8 Å². The van der Waals surface area contributed by atoms with Gasteiger partial charge in [-0.3, -0.25) is 9.20 Å². The maximum absolute atomic E-state index is 13.3. The maximum atomic E-state index is 13.3. The lowest BCUT2D eigenvalue weighted by Crippen LogP contribution is -2.21. The fourth-order valence-electron chi connectivity index (χ4n) is 3.24. The second-order valence-electron chi connectivity index (χ2n) is 6.93. The van der Waals surface area contributed by atoms with Gasteiger partial charge in [0.15, 0.2) is 5.16 Å². The number of rotatable bonds is 8. The largest absolute Gasteiger partial charge is 0.381 e. The smallest absolute Gasteiger partial charge is 0.267 e. The number of fused-ring (bicyclic) bond motifs is 3. The van der Waals surface area contributed by atoms with Gasteiger partial charge in [-0.15, -0.1) is 10.2 Å². The zero-order valence-electron chi connectivity index (χ0n) is 16.7. The van der Waals surface area contributed by atoms with Gasteiger partial charge >= 0.3 is 0 Å². The Bertz CT molecular complexity index is 1180. The zero-order valence-corrected chi connectivity index (χ0v) is 17.5. The first kappa shape index (κ1) is 19.7. The van der Waals surface area contributed by atoms with E-state index in [9.17, 15) is 4.79 Å². The standard InChI is InChI=1S/C22H24N4O2S/c1-3-4-13-28-14-15-29-22-24-23-21-25(17-11-9-16(2)10-12-17)20(27)18-7-5-6-8-19(18)26(21)22/h5-12H,3-4,13-15H2,1-2H3.